The van der Waals surface area contributed by atoms with Gasteiger partial charge in [-0.1, -0.05) is 346 Å². The second-order valence-electron chi connectivity index (χ2n) is 32.1. The normalized spacial score (nSPS) is 11.6. The smallest absolute Gasteiger partial charge is 0.238 e. The highest BCUT2D eigenvalue weighted by atomic mass is 15.3. The minimum Gasteiger partial charge on any atom is -0.307 e. The first kappa shape index (κ1) is 75.9. The molecule has 0 aliphatic heterocycles. The zero-order valence-corrected chi connectivity index (χ0v) is 70.4. The molecular formula is C112H70N20. The molecule has 0 aliphatic rings. The molecule has 132 heavy (non-hydrogen) atoms. The summed E-state index contributed by atoms with van der Waals surface area (Å²) >= 11 is 0. The van der Waals surface area contributed by atoms with Crippen LogP contribution >= 0.6 is 0 Å². The van der Waals surface area contributed by atoms with E-state index in [-0.39, 0.29) is 0 Å². The highest BCUT2D eigenvalue weighted by molar-refractivity contribution is 6.27. The van der Waals surface area contributed by atoms with Gasteiger partial charge in [-0.2, -0.15) is 29.9 Å². The summed E-state index contributed by atoms with van der Waals surface area (Å²) in [6.07, 6.45) is 6.62. The first-order chi connectivity index (χ1) is 65.5. The zero-order chi connectivity index (χ0) is 87.1. The average molecular weight is 1700 g/mol. The Hall–Kier alpha value is -18.6. The third-order valence-electron chi connectivity index (χ3n) is 24.5. The molecule has 0 fully saturated rings. The van der Waals surface area contributed by atoms with Gasteiger partial charge >= 0.3 is 0 Å². The molecule has 16 aromatic carbocycles. The number of rotatable bonds is 12. The molecule has 27 aromatic rings. The number of fused-ring (bicyclic) bond motifs is 21. The van der Waals surface area contributed by atoms with Gasteiger partial charge in [0, 0.05) is 116 Å². The van der Waals surface area contributed by atoms with Gasteiger partial charge in [0.25, 0.3) is 0 Å². The predicted molar refractivity (Wildman–Crippen MR) is 527 cm³/mol. The fraction of sp³-hybridized carbons (Fsp3) is 0. The third kappa shape index (κ3) is 12.8. The standard InChI is InChI=1S/C39H25N5.C37H23N7.C36H22N8/c1-4-14-26(15-5-1)37-40-38(27-16-6-2-7-17-27)42-39(41-37)44-34-23-13-11-21-30(34)32-25-24-31-29-20-10-12-22-33(29)43(35(31)36(32)44)28-18-8-3-9-19-28;1-3-12-24(13-4-1)34-40-35(25-14-5-2-6-15-25)42-37(41-34)44-31-19-10-8-17-27(31)29-21-20-28-26-16-7-9-18-30(26)43(32(28)33(29)44)36-38-22-11-23-39-36;1-3-11-23(12-4-1)33-40-34(24-13-5-2-6-14-24)42-36(41-33)44-30-18-10-8-16-26(30)28-20-19-27-25-15-7-9-17-29(25)43(31(27)32(28)44)35-38-21-37-22-39-35/h1-25H;1-23H;1-22H. The molecule has 20 nitrogen and oxygen atoms in total. The molecule has 0 N–H and O–H groups in total. The Kier molecular flexibility index (Phi) is 18.3. The van der Waals surface area contributed by atoms with Crippen LogP contribution in [0.3, 0.4) is 0 Å². The first-order valence-electron chi connectivity index (χ1n) is 43.5. The van der Waals surface area contributed by atoms with Gasteiger partial charge in [-0.25, -0.2) is 39.9 Å². The molecule has 0 aliphatic carbocycles. The number of para-hydroxylation sites is 7. The second-order valence-corrected chi connectivity index (χ2v) is 32.1. The van der Waals surface area contributed by atoms with Gasteiger partial charge in [0.1, 0.15) is 12.7 Å². The number of benzene rings is 16. The van der Waals surface area contributed by atoms with Crippen molar-refractivity contribution in [3.05, 3.63) is 425 Å². The van der Waals surface area contributed by atoms with E-state index in [4.69, 9.17) is 54.8 Å². The first-order valence-corrected chi connectivity index (χ1v) is 43.5. The summed E-state index contributed by atoms with van der Waals surface area (Å²) in [7, 11) is 0. The quantitative estimate of drug-likeness (QED) is 0.111. The highest BCUT2D eigenvalue weighted by Gasteiger charge is 2.29. The maximum Gasteiger partial charge on any atom is 0.238 e. The van der Waals surface area contributed by atoms with Crippen LogP contribution in [-0.4, -0.2) is 97.2 Å². The Morgan fingerprint density at radius 3 is 0.591 bits per heavy atom. The summed E-state index contributed by atoms with van der Waals surface area (Å²) in [5, 5.41) is 13.5. The Morgan fingerprint density at radius 2 is 0.341 bits per heavy atom. The molecule has 0 saturated heterocycles. The van der Waals surface area contributed by atoms with Crippen LogP contribution in [0.15, 0.2) is 425 Å². The molecule has 11 heterocycles. The van der Waals surface area contributed by atoms with E-state index < -0.39 is 0 Å². The predicted octanol–water partition coefficient (Wildman–Crippen LogP) is 25.2. The van der Waals surface area contributed by atoms with Crippen molar-refractivity contribution in [3.63, 3.8) is 0 Å². The summed E-state index contributed by atoms with van der Waals surface area (Å²) in [5.74, 6) is 6.50. The number of hydrogen-bond acceptors (Lipinski definition) is 14. The van der Waals surface area contributed by atoms with Gasteiger partial charge in [-0.05, 0) is 54.6 Å². The molecule has 0 atom stereocenters. The highest BCUT2D eigenvalue weighted by Crippen LogP contribution is 2.46. The van der Waals surface area contributed by atoms with Crippen LogP contribution < -0.4 is 0 Å². The van der Waals surface area contributed by atoms with Crippen LogP contribution in [-0.2, 0) is 0 Å². The van der Waals surface area contributed by atoms with Crippen molar-refractivity contribution in [2.24, 2.45) is 0 Å². The lowest BCUT2D eigenvalue weighted by Crippen LogP contribution is -2.07. The van der Waals surface area contributed by atoms with Crippen molar-refractivity contribution in [1.82, 2.24) is 97.2 Å². The Bertz CT molecular complexity index is 8110. The number of aromatic nitrogens is 20. The maximum atomic E-state index is 5.17. The van der Waals surface area contributed by atoms with Crippen molar-refractivity contribution in [1.29, 1.82) is 0 Å². The largest absolute Gasteiger partial charge is 0.307 e. The SMILES string of the molecule is c1ccc(-c2nc(-c3ccccc3)nc(-n3c4ccccc4c4ccc5c6ccccc6n(-c6ccccc6)c5c43)n2)cc1.c1ccc(-c2nc(-c3ccccc3)nc(-n3c4ccccc4c4ccc5c6ccccc6n(-c6ncccn6)c5c43)n2)cc1.c1ccc(-c2nc(-c3ccccc3)nc(-n3c4ccccc4c4ccc5c6ccccc6n(-c6ncncn6)c5c43)n2)cc1. The molecule has 0 radical (unpaired) electrons. The number of nitrogens with zero attached hydrogens (tertiary/aromatic N) is 20. The van der Waals surface area contributed by atoms with Gasteiger partial charge in [0.15, 0.2) is 34.9 Å². The lowest BCUT2D eigenvalue weighted by molar-refractivity contribution is 0.932. The van der Waals surface area contributed by atoms with Crippen LogP contribution in [0, 0.1) is 0 Å². The van der Waals surface area contributed by atoms with E-state index in [0.717, 1.165) is 159 Å². The topological polar surface area (TPSA) is 210 Å². The molecular weight excluding hydrogens is 1630 g/mol. The van der Waals surface area contributed by atoms with E-state index in [0.29, 0.717) is 64.7 Å². The lowest BCUT2D eigenvalue weighted by atomic mass is 10.1. The Morgan fingerprint density at radius 1 is 0.144 bits per heavy atom. The van der Waals surface area contributed by atoms with Gasteiger partial charge in [0.2, 0.25) is 29.7 Å². The van der Waals surface area contributed by atoms with E-state index in [2.05, 4.69) is 243 Å². The Labute approximate surface area is 752 Å². The van der Waals surface area contributed by atoms with Gasteiger partial charge in [-0.3, -0.25) is 22.8 Å². The van der Waals surface area contributed by atoms with Crippen molar-refractivity contribution in [3.8, 4) is 104 Å². The van der Waals surface area contributed by atoms with Gasteiger partial charge in [-0.15, -0.1) is 0 Å². The molecule has 20 heteroatoms. The molecule has 618 valence electrons. The molecule has 0 amide bonds. The van der Waals surface area contributed by atoms with E-state index in [1.165, 1.54) is 23.4 Å². The summed E-state index contributed by atoms with van der Waals surface area (Å²) in [6.45, 7) is 0. The van der Waals surface area contributed by atoms with Crippen molar-refractivity contribution < 1.29 is 0 Å². The van der Waals surface area contributed by atoms with E-state index in [1.807, 2.05) is 200 Å². The van der Waals surface area contributed by atoms with Gasteiger partial charge in [0.05, 0.1) is 66.2 Å². The van der Waals surface area contributed by atoms with E-state index >= 15 is 0 Å². The van der Waals surface area contributed by atoms with Crippen LogP contribution in [0.5, 0.6) is 0 Å². The fourth-order valence-corrected chi connectivity index (χ4v) is 18.8. The van der Waals surface area contributed by atoms with Crippen LogP contribution in [0.1, 0.15) is 0 Å². The number of hydrogen-bond donors (Lipinski definition) is 0. The molecule has 0 spiro atoms. The monoisotopic (exact) mass is 1690 g/mol. The summed E-state index contributed by atoms with van der Waals surface area (Å²) in [6, 6.07) is 137. The van der Waals surface area contributed by atoms with Crippen LogP contribution in [0.2, 0.25) is 0 Å². The minimum atomic E-state index is 0.531. The lowest BCUT2D eigenvalue weighted by Gasteiger charge is -2.13. The summed E-state index contributed by atoms with van der Waals surface area (Å²) < 4.78 is 13.2. The van der Waals surface area contributed by atoms with Gasteiger partial charge < -0.3 is 4.57 Å². The minimum absolute atomic E-state index is 0.531. The zero-order valence-electron chi connectivity index (χ0n) is 70.4. The van der Waals surface area contributed by atoms with Crippen LogP contribution in [0.25, 0.3) is 235 Å². The Balaban J connectivity index is 0.000000106. The van der Waals surface area contributed by atoms with Crippen molar-refractivity contribution in [2.45, 2.75) is 0 Å². The second kappa shape index (κ2) is 31.8. The molecule has 0 unspecified atom stereocenters. The van der Waals surface area contributed by atoms with Crippen molar-refractivity contribution >= 4 is 131 Å². The molecule has 0 bridgehead atoms. The molecule has 11 aromatic heterocycles. The fourth-order valence-electron chi connectivity index (χ4n) is 18.8. The maximum absolute atomic E-state index is 5.17. The summed E-state index contributed by atoms with van der Waals surface area (Å²) in [4.78, 5) is 68.3. The third-order valence-corrected chi connectivity index (χ3v) is 24.5. The van der Waals surface area contributed by atoms with E-state index in [9.17, 15) is 0 Å². The average Bonchev–Trinajstić information content (AvgIpc) is 1.55. The molecule has 27 rings (SSSR count). The summed E-state index contributed by atoms with van der Waals surface area (Å²) in [5.41, 5.74) is 19.0. The van der Waals surface area contributed by atoms with Crippen molar-refractivity contribution in [2.75, 3.05) is 0 Å². The molecule has 0 saturated carbocycles. The van der Waals surface area contributed by atoms with Crippen LogP contribution in [0.4, 0.5) is 0 Å². The van der Waals surface area contributed by atoms with E-state index in [1.54, 1.807) is 12.4 Å².